The molecule has 2 aromatic heterocycles. The summed E-state index contributed by atoms with van der Waals surface area (Å²) in [6.07, 6.45) is 2.71. The molecule has 112 valence electrons. The van der Waals surface area contributed by atoms with Crippen molar-refractivity contribution in [3.63, 3.8) is 0 Å². The molecule has 3 aromatic rings. The van der Waals surface area contributed by atoms with E-state index in [0.29, 0.717) is 11.1 Å². The van der Waals surface area contributed by atoms with Crippen LogP contribution in [0.25, 0.3) is 22.0 Å². The fourth-order valence-corrected chi connectivity index (χ4v) is 3.01. The van der Waals surface area contributed by atoms with Crippen molar-refractivity contribution in [1.82, 2.24) is 9.97 Å². The number of aromatic nitrogens is 2. The highest BCUT2D eigenvalue weighted by atomic mass is 35.5. The van der Waals surface area contributed by atoms with Crippen molar-refractivity contribution in [2.45, 2.75) is 5.03 Å². The van der Waals surface area contributed by atoms with Gasteiger partial charge in [0.25, 0.3) is 10.0 Å². The fourth-order valence-electron chi connectivity index (χ4n) is 2.19. The van der Waals surface area contributed by atoms with E-state index in [9.17, 15) is 12.8 Å². The number of hydrogen-bond donors (Lipinski definition) is 1. The molecule has 0 aliphatic carbocycles. The summed E-state index contributed by atoms with van der Waals surface area (Å²) in [6.45, 7) is 0. The lowest BCUT2D eigenvalue weighted by atomic mass is 10.0. The number of primary sulfonamides is 1. The number of hydrogen-bond acceptors (Lipinski definition) is 4. The fraction of sp³-hybridized carbons (Fsp3) is 0. The van der Waals surface area contributed by atoms with Crippen LogP contribution >= 0.6 is 11.6 Å². The molecule has 2 heterocycles. The van der Waals surface area contributed by atoms with Gasteiger partial charge in [-0.15, -0.1) is 0 Å². The van der Waals surface area contributed by atoms with Gasteiger partial charge in [0.05, 0.1) is 10.5 Å². The van der Waals surface area contributed by atoms with E-state index in [2.05, 4.69) is 9.97 Å². The predicted octanol–water partition coefficient (Wildman–Crippen LogP) is 2.74. The lowest BCUT2D eigenvalue weighted by molar-refractivity contribution is 0.557. The molecule has 2 N–H and O–H groups in total. The van der Waals surface area contributed by atoms with Crippen LogP contribution in [0.5, 0.6) is 0 Å². The predicted molar refractivity (Wildman–Crippen MR) is 81.3 cm³/mol. The van der Waals surface area contributed by atoms with Crippen LogP contribution in [0.15, 0.2) is 47.8 Å². The zero-order chi connectivity index (χ0) is 15.9. The third-order valence-corrected chi connectivity index (χ3v) is 4.26. The number of pyridine rings is 2. The summed E-state index contributed by atoms with van der Waals surface area (Å²) in [4.78, 5) is 7.69. The number of rotatable bonds is 2. The van der Waals surface area contributed by atoms with Gasteiger partial charge in [-0.05, 0) is 18.2 Å². The Labute approximate surface area is 130 Å². The molecule has 22 heavy (non-hydrogen) atoms. The molecule has 0 bridgehead atoms. The van der Waals surface area contributed by atoms with Crippen LogP contribution in [0.1, 0.15) is 0 Å². The Kier molecular flexibility index (Phi) is 3.56. The molecule has 8 heteroatoms. The maximum atomic E-state index is 14.6. The minimum Gasteiger partial charge on any atom is -0.256 e. The highest BCUT2D eigenvalue weighted by Gasteiger charge is 2.22. The van der Waals surface area contributed by atoms with Crippen molar-refractivity contribution < 1.29 is 12.8 Å². The molecular formula is C14H9ClFN3O2S. The Morgan fingerprint density at radius 3 is 2.59 bits per heavy atom. The van der Waals surface area contributed by atoms with Crippen LogP contribution in [-0.4, -0.2) is 18.4 Å². The number of nitrogens with two attached hydrogens (primary N) is 1. The van der Waals surface area contributed by atoms with Crippen LogP contribution in [0.3, 0.4) is 0 Å². The summed E-state index contributed by atoms with van der Waals surface area (Å²) in [7, 11) is -4.28. The minimum atomic E-state index is -4.28. The highest BCUT2D eigenvalue weighted by Crippen LogP contribution is 2.36. The maximum absolute atomic E-state index is 14.6. The van der Waals surface area contributed by atoms with Crippen LogP contribution in [0.4, 0.5) is 4.39 Å². The van der Waals surface area contributed by atoms with Crippen LogP contribution in [-0.2, 0) is 10.0 Å². The van der Waals surface area contributed by atoms with Gasteiger partial charge in [-0.1, -0.05) is 23.7 Å². The quantitative estimate of drug-likeness (QED) is 0.779. The number of nitrogens with zero attached hydrogens (tertiary/aromatic N) is 2. The molecule has 0 aliphatic heterocycles. The van der Waals surface area contributed by atoms with Crippen molar-refractivity contribution in [2.24, 2.45) is 5.14 Å². The second kappa shape index (κ2) is 5.28. The number of halogens is 2. The van der Waals surface area contributed by atoms with Gasteiger partial charge in [0.1, 0.15) is 0 Å². The van der Waals surface area contributed by atoms with Gasteiger partial charge in [-0.25, -0.2) is 22.9 Å². The Morgan fingerprint density at radius 2 is 1.86 bits per heavy atom. The van der Waals surface area contributed by atoms with E-state index in [4.69, 9.17) is 16.7 Å². The van der Waals surface area contributed by atoms with Crippen molar-refractivity contribution >= 4 is 32.5 Å². The summed E-state index contributed by atoms with van der Waals surface area (Å²) in [5.74, 6) is -1.05. The van der Waals surface area contributed by atoms with Crippen molar-refractivity contribution in [3.05, 3.63) is 53.6 Å². The zero-order valence-corrected chi connectivity index (χ0v) is 12.6. The van der Waals surface area contributed by atoms with Gasteiger partial charge in [-0.3, -0.25) is 4.98 Å². The first-order valence-electron chi connectivity index (χ1n) is 6.10. The number of fused-ring (bicyclic) bond motifs is 1. The molecule has 0 saturated carbocycles. The monoisotopic (exact) mass is 337 g/mol. The normalized spacial score (nSPS) is 11.8. The van der Waals surface area contributed by atoms with Gasteiger partial charge in [0.2, 0.25) is 5.03 Å². The highest BCUT2D eigenvalue weighted by molar-refractivity contribution is 7.89. The van der Waals surface area contributed by atoms with Gasteiger partial charge in [0, 0.05) is 28.9 Å². The first-order chi connectivity index (χ1) is 10.4. The molecule has 0 saturated heterocycles. The molecular weight excluding hydrogens is 329 g/mol. The zero-order valence-electron chi connectivity index (χ0n) is 11.0. The molecule has 1 aromatic carbocycles. The summed E-state index contributed by atoms with van der Waals surface area (Å²) in [5.41, 5.74) is 0.735. The van der Waals surface area contributed by atoms with E-state index < -0.39 is 20.9 Å². The first-order valence-corrected chi connectivity index (χ1v) is 8.03. The molecule has 0 atom stereocenters. The summed E-state index contributed by atoms with van der Waals surface area (Å²) in [6, 6.07) is 8.20. The Hall–Kier alpha value is -2.09. The first kappa shape index (κ1) is 14.8. The van der Waals surface area contributed by atoms with Gasteiger partial charge < -0.3 is 0 Å². The lowest BCUT2D eigenvalue weighted by Gasteiger charge is -2.10. The smallest absolute Gasteiger partial charge is 0.256 e. The molecule has 0 unspecified atom stereocenters. The van der Waals surface area contributed by atoms with E-state index in [1.165, 1.54) is 6.07 Å². The number of benzene rings is 1. The standard InChI is InChI=1S/C14H9ClFN3O2S/c15-10-4-3-8-2-1-6-18-13(8)11(10)9-5-7-19-14(12(9)16)22(17,20)21/h1-7H,(H2,17,20,21). The third-order valence-electron chi connectivity index (χ3n) is 3.12. The van der Waals surface area contributed by atoms with Crippen LogP contribution < -0.4 is 5.14 Å². The Morgan fingerprint density at radius 1 is 1.09 bits per heavy atom. The van der Waals surface area contributed by atoms with Crippen molar-refractivity contribution in [3.8, 4) is 11.1 Å². The second-order valence-corrected chi connectivity index (χ2v) is 6.40. The van der Waals surface area contributed by atoms with E-state index >= 15 is 0 Å². The topological polar surface area (TPSA) is 85.9 Å². The van der Waals surface area contributed by atoms with E-state index in [1.807, 2.05) is 0 Å². The average Bonchev–Trinajstić information content (AvgIpc) is 2.47. The summed E-state index contributed by atoms with van der Waals surface area (Å²) >= 11 is 6.17. The molecule has 0 spiro atoms. The maximum Gasteiger partial charge on any atom is 0.258 e. The average molecular weight is 338 g/mol. The van der Waals surface area contributed by atoms with E-state index in [1.54, 1.807) is 30.5 Å². The van der Waals surface area contributed by atoms with Gasteiger partial charge in [-0.2, -0.15) is 0 Å². The van der Waals surface area contributed by atoms with Gasteiger partial charge >= 0.3 is 0 Å². The Bertz CT molecular complexity index is 993. The third kappa shape index (κ3) is 2.43. The van der Waals surface area contributed by atoms with Crippen molar-refractivity contribution in [1.29, 1.82) is 0 Å². The summed E-state index contributed by atoms with van der Waals surface area (Å²) < 4.78 is 37.4. The Balaban J connectivity index is 2.41. The molecule has 0 amide bonds. The summed E-state index contributed by atoms with van der Waals surface area (Å²) in [5, 5.41) is 5.14. The molecule has 5 nitrogen and oxygen atoms in total. The molecule has 0 radical (unpaired) electrons. The second-order valence-electron chi connectivity index (χ2n) is 4.52. The SMILES string of the molecule is NS(=O)(=O)c1nccc(-c2c(Cl)ccc3cccnc23)c1F. The van der Waals surface area contributed by atoms with Crippen molar-refractivity contribution in [2.75, 3.05) is 0 Å². The van der Waals surface area contributed by atoms with Crippen LogP contribution in [0, 0.1) is 5.82 Å². The molecule has 0 aliphatic rings. The number of sulfonamides is 1. The van der Waals surface area contributed by atoms with Gasteiger partial charge in [0.15, 0.2) is 5.82 Å². The molecule has 0 fully saturated rings. The molecule has 3 rings (SSSR count). The van der Waals surface area contributed by atoms with E-state index in [0.717, 1.165) is 11.6 Å². The van der Waals surface area contributed by atoms with E-state index in [-0.39, 0.29) is 10.6 Å². The van der Waals surface area contributed by atoms with Crippen LogP contribution in [0.2, 0.25) is 5.02 Å². The lowest BCUT2D eigenvalue weighted by Crippen LogP contribution is -2.16. The largest absolute Gasteiger partial charge is 0.258 e. The minimum absolute atomic E-state index is 0.0201.